The lowest BCUT2D eigenvalue weighted by Gasteiger charge is -2.56. The molecule has 0 aromatic heterocycles. The largest absolute Gasteiger partial charge is 0.451 e. The SMILES string of the molecule is CC(OC(=O)c1ccc(F)c(F)c1)C(=O)C12CC3CC(CC(C3)C1)C2. The van der Waals surface area contributed by atoms with Crippen LogP contribution in [0.2, 0.25) is 0 Å². The second kappa shape index (κ2) is 5.89. The maximum Gasteiger partial charge on any atom is 0.338 e. The van der Waals surface area contributed by atoms with E-state index in [0.717, 1.165) is 31.4 Å². The van der Waals surface area contributed by atoms with Crippen molar-refractivity contribution in [2.75, 3.05) is 0 Å². The summed E-state index contributed by atoms with van der Waals surface area (Å²) in [5.41, 5.74) is -0.424. The molecule has 0 heterocycles. The third-order valence-electron chi connectivity index (χ3n) is 6.37. The predicted octanol–water partition coefficient (Wildman–Crippen LogP) is 4.30. The minimum absolute atomic E-state index is 0.00235. The highest BCUT2D eigenvalue weighted by atomic mass is 19.2. The molecule has 4 bridgehead atoms. The number of ether oxygens (including phenoxy) is 1. The summed E-state index contributed by atoms with van der Waals surface area (Å²) in [5, 5.41) is 0. The van der Waals surface area contributed by atoms with Gasteiger partial charge in [0.25, 0.3) is 0 Å². The van der Waals surface area contributed by atoms with Crippen LogP contribution in [0.1, 0.15) is 55.8 Å². The molecule has 1 unspecified atom stereocenters. The fourth-order valence-electron chi connectivity index (χ4n) is 5.75. The average Bonchev–Trinajstić information content (AvgIpc) is 2.55. The molecule has 5 heteroatoms. The van der Waals surface area contributed by atoms with Gasteiger partial charge >= 0.3 is 5.97 Å². The van der Waals surface area contributed by atoms with Gasteiger partial charge in [-0.3, -0.25) is 4.79 Å². The van der Waals surface area contributed by atoms with Crippen LogP contribution in [0.3, 0.4) is 0 Å². The number of benzene rings is 1. The summed E-state index contributed by atoms with van der Waals surface area (Å²) in [7, 11) is 0. The molecule has 25 heavy (non-hydrogen) atoms. The van der Waals surface area contributed by atoms with E-state index in [9.17, 15) is 18.4 Å². The zero-order chi connectivity index (χ0) is 17.8. The van der Waals surface area contributed by atoms with Gasteiger partial charge in [0.05, 0.1) is 5.56 Å². The first-order valence-electron chi connectivity index (χ1n) is 9.06. The highest BCUT2D eigenvalue weighted by Gasteiger charge is 2.55. The van der Waals surface area contributed by atoms with Crippen molar-refractivity contribution >= 4 is 11.8 Å². The Labute approximate surface area is 145 Å². The quantitative estimate of drug-likeness (QED) is 0.762. The van der Waals surface area contributed by atoms with E-state index < -0.39 is 23.7 Å². The van der Waals surface area contributed by atoms with Crippen molar-refractivity contribution < 1.29 is 23.1 Å². The topological polar surface area (TPSA) is 43.4 Å². The van der Waals surface area contributed by atoms with Crippen molar-refractivity contribution in [1.82, 2.24) is 0 Å². The normalized spacial score (nSPS) is 34.0. The van der Waals surface area contributed by atoms with E-state index in [0.29, 0.717) is 17.8 Å². The van der Waals surface area contributed by atoms with Crippen LogP contribution in [0.4, 0.5) is 8.78 Å². The molecule has 0 N–H and O–H groups in total. The fraction of sp³-hybridized carbons (Fsp3) is 0.600. The number of carbonyl (C=O) groups is 2. The second-order valence-electron chi connectivity index (χ2n) is 8.24. The first kappa shape index (κ1) is 16.7. The third kappa shape index (κ3) is 2.87. The van der Waals surface area contributed by atoms with Crippen LogP contribution in [0.15, 0.2) is 18.2 Å². The Morgan fingerprint density at radius 1 is 1.04 bits per heavy atom. The van der Waals surface area contributed by atoms with E-state index in [1.54, 1.807) is 6.92 Å². The molecule has 1 aromatic carbocycles. The summed E-state index contributed by atoms with van der Waals surface area (Å²) in [4.78, 5) is 25.3. The zero-order valence-electron chi connectivity index (χ0n) is 14.3. The van der Waals surface area contributed by atoms with Crippen molar-refractivity contribution in [3.05, 3.63) is 35.4 Å². The standard InChI is InChI=1S/C20H22F2O3/c1-11(25-19(24)15-2-3-16(21)17(22)7-15)18(23)20-8-12-4-13(9-20)6-14(5-12)10-20/h2-3,7,11-14H,4-6,8-10H2,1H3. The van der Waals surface area contributed by atoms with E-state index in [4.69, 9.17) is 4.74 Å². The average molecular weight is 348 g/mol. The number of carbonyl (C=O) groups excluding carboxylic acids is 2. The lowest BCUT2D eigenvalue weighted by molar-refractivity contribution is -0.152. The van der Waals surface area contributed by atoms with Gasteiger partial charge in [-0.05, 0) is 81.4 Å². The van der Waals surface area contributed by atoms with Gasteiger partial charge < -0.3 is 4.74 Å². The van der Waals surface area contributed by atoms with Gasteiger partial charge in [-0.1, -0.05) is 0 Å². The molecule has 0 radical (unpaired) electrons. The lowest BCUT2D eigenvalue weighted by Crippen LogP contribution is -2.52. The number of Topliss-reactive ketones (excluding diaryl/α,β-unsaturated/α-hetero) is 1. The molecule has 0 amide bonds. The Bertz CT molecular complexity index is 692. The van der Waals surface area contributed by atoms with Gasteiger partial charge in [-0.15, -0.1) is 0 Å². The lowest BCUT2D eigenvalue weighted by atomic mass is 9.48. The van der Waals surface area contributed by atoms with E-state index >= 15 is 0 Å². The van der Waals surface area contributed by atoms with Crippen molar-refractivity contribution in [1.29, 1.82) is 0 Å². The molecular weight excluding hydrogens is 326 g/mol. The number of hydrogen-bond acceptors (Lipinski definition) is 3. The molecule has 4 aliphatic carbocycles. The predicted molar refractivity (Wildman–Crippen MR) is 86.8 cm³/mol. The Kier molecular flexibility index (Phi) is 3.93. The molecule has 0 spiro atoms. The van der Waals surface area contributed by atoms with Crippen LogP contribution in [-0.4, -0.2) is 17.9 Å². The van der Waals surface area contributed by atoms with Gasteiger partial charge in [0.15, 0.2) is 23.5 Å². The highest BCUT2D eigenvalue weighted by molar-refractivity contribution is 5.94. The molecule has 1 aromatic rings. The van der Waals surface area contributed by atoms with Crippen molar-refractivity contribution in [2.45, 2.75) is 51.6 Å². The Hall–Kier alpha value is -1.78. The van der Waals surface area contributed by atoms with Gasteiger partial charge in [0, 0.05) is 5.41 Å². The fourth-order valence-corrected chi connectivity index (χ4v) is 5.75. The van der Waals surface area contributed by atoms with Crippen LogP contribution >= 0.6 is 0 Å². The number of ketones is 1. The third-order valence-corrected chi connectivity index (χ3v) is 6.37. The smallest absolute Gasteiger partial charge is 0.338 e. The minimum Gasteiger partial charge on any atom is -0.451 e. The van der Waals surface area contributed by atoms with Crippen molar-refractivity contribution in [3.8, 4) is 0 Å². The van der Waals surface area contributed by atoms with Gasteiger partial charge in [0.1, 0.15) is 0 Å². The summed E-state index contributed by atoms with van der Waals surface area (Å²) >= 11 is 0. The number of rotatable bonds is 4. The molecule has 1 atom stereocenters. The molecule has 134 valence electrons. The minimum atomic E-state index is -1.10. The number of halogens is 2. The Morgan fingerprint density at radius 2 is 1.60 bits per heavy atom. The molecule has 3 nitrogen and oxygen atoms in total. The first-order chi connectivity index (χ1) is 11.9. The molecule has 5 rings (SSSR count). The molecule has 4 fully saturated rings. The molecular formula is C20H22F2O3. The van der Waals surface area contributed by atoms with E-state index in [1.807, 2.05) is 0 Å². The Balaban J connectivity index is 1.47. The van der Waals surface area contributed by atoms with E-state index in [1.165, 1.54) is 25.3 Å². The molecule has 0 aliphatic heterocycles. The van der Waals surface area contributed by atoms with Crippen LogP contribution < -0.4 is 0 Å². The summed E-state index contributed by atoms with van der Waals surface area (Å²) in [6.45, 7) is 1.60. The first-order valence-corrected chi connectivity index (χ1v) is 9.06. The second-order valence-corrected chi connectivity index (χ2v) is 8.24. The van der Waals surface area contributed by atoms with Crippen LogP contribution in [0.5, 0.6) is 0 Å². The maximum absolute atomic E-state index is 13.3. The van der Waals surface area contributed by atoms with Crippen LogP contribution in [0.25, 0.3) is 0 Å². The van der Waals surface area contributed by atoms with E-state index in [2.05, 4.69) is 0 Å². The number of esters is 1. The van der Waals surface area contributed by atoms with Crippen molar-refractivity contribution in [3.63, 3.8) is 0 Å². The van der Waals surface area contributed by atoms with Gasteiger partial charge in [-0.25, -0.2) is 13.6 Å². The summed E-state index contributed by atoms with van der Waals surface area (Å²) in [6, 6.07) is 2.86. The van der Waals surface area contributed by atoms with E-state index in [-0.39, 0.29) is 16.8 Å². The maximum atomic E-state index is 13.3. The van der Waals surface area contributed by atoms with Gasteiger partial charge in [0.2, 0.25) is 0 Å². The number of hydrogen-bond donors (Lipinski definition) is 0. The molecule has 0 saturated heterocycles. The summed E-state index contributed by atoms with van der Waals surface area (Å²) < 4.78 is 31.6. The highest BCUT2D eigenvalue weighted by Crippen LogP contribution is 2.60. The monoisotopic (exact) mass is 348 g/mol. The molecule has 4 saturated carbocycles. The summed E-state index contributed by atoms with van der Waals surface area (Å²) in [6.07, 6.45) is 5.55. The summed E-state index contributed by atoms with van der Waals surface area (Å²) in [5.74, 6) is -1.02. The van der Waals surface area contributed by atoms with Crippen LogP contribution in [0, 0.1) is 34.8 Å². The Morgan fingerprint density at radius 3 is 2.12 bits per heavy atom. The van der Waals surface area contributed by atoms with Crippen LogP contribution in [-0.2, 0) is 9.53 Å². The zero-order valence-corrected chi connectivity index (χ0v) is 14.3. The van der Waals surface area contributed by atoms with Crippen molar-refractivity contribution in [2.24, 2.45) is 23.2 Å². The molecule has 4 aliphatic rings. The van der Waals surface area contributed by atoms with Gasteiger partial charge in [-0.2, -0.15) is 0 Å².